The predicted octanol–water partition coefficient (Wildman–Crippen LogP) is 3.96. The molecule has 0 atom stereocenters. The summed E-state index contributed by atoms with van der Waals surface area (Å²) in [5.41, 5.74) is 3.85. The van der Waals surface area contributed by atoms with Crippen LogP contribution in [0.15, 0.2) is 83.7 Å². The van der Waals surface area contributed by atoms with Gasteiger partial charge in [0, 0.05) is 37.2 Å². The fourth-order valence-electron chi connectivity index (χ4n) is 3.97. The van der Waals surface area contributed by atoms with E-state index in [0.717, 1.165) is 23.0 Å². The summed E-state index contributed by atoms with van der Waals surface area (Å²) >= 11 is 0. The number of fused-ring (bicyclic) bond motifs is 1. The minimum atomic E-state index is -0.247. The average Bonchev–Trinajstić information content (AvgIpc) is 2.88. The Morgan fingerprint density at radius 1 is 0.914 bits per heavy atom. The van der Waals surface area contributed by atoms with Crippen molar-refractivity contribution in [3.63, 3.8) is 0 Å². The van der Waals surface area contributed by atoms with Crippen LogP contribution in [-0.4, -0.2) is 27.9 Å². The van der Waals surface area contributed by atoms with Crippen LogP contribution in [0.5, 0.6) is 0 Å². The fourth-order valence-corrected chi connectivity index (χ4v) is 3.97. The van der Waals surface area contributed by atoms with Gasteiger partial charge in [-0.15, -0.1) is 0 Å². The van der Waals surface area contributed by atoms with Crippen molar-refractivity contribution in [2.24, 2.45) is 0 Å². The maximum Gasteiger partial charge on any atom is 0.272 e. The summed E-state index contributed by atoms with van der Waals surface area (Å²) in [7, 11) is 0. The molecule has 4 aromatic rings. The van der Waals surface area contributed by atoms with Gasteiger partial charge in [0.25, 0.3) is 11.5 Å². The van der Waals surface area contributed by atoms with E-state index < -0.39 is 0 Å². The van der Waals surface area contributed by atoms with Gasteiger partial charge in [-0.05, 0) is 49.2 Å². The normalized spacial score (nSPS) is 10.8. The third-order valence-corrected chi connectivity index (χ3v) is 5.72. The topological polar surface area (TPSA) is 93.1 Å². The largest absolute Gasteiger partial charge is 0.352 e. The molecule has 7 heteroatoms. The first-order valence-corrected chi connectivity index (χ1v) is 11.8. The molecule has 0 bridgehead atoms. The van der Waals surface area contributed by atoms with E-state index in [1.54, 1.807) is 28.8 Å². The van der Waals surface area contributed by atoms with Gasteiger partial charge in [-0.25, -0.2) is 4.98 Å². The van der Waals surface area contributed by atoms with Crippen LogP contribution in [0.2, 0.25) is 0 Å². The second-order valence-electron chi connectivity index (χ2n) is 8.23. The van der Waals surface area contributed by atoms with Crippen LogP contribution in [0.25, 0.3) is 11.0 Å². The molecule has 0 saturated carbocycles. The van der Waals surface area contributed by atoms with Gasteiger partial charge in [-0.2, -0.15) is 0 Å². The van der Waals surface area contributed by atoms with E-state index >= 15 is 0 Å². The molecule has 1 heterocycles. The quantitative estimate of drug-likeness (QED) is 0.389. The predicted molar refractivity (Wildman–Crippen MR) is 138 cm³/mol. The number of para-hydroxylation sites is 2. The highest BCUT2D eigenvalue weighted by atomic mass is 16.2. The number of rotatable bonds is 9. The van der Waals surface area contributed by atoms with Gasteiger partial charge in [0.2, 0.25) is 5.91 Å². The van der Waals surface area contributed by atoms with Crippen LogP contribution in [0.3, 0.4) is 0 Å². The summed E-state index contributed by atoms with van der Waals surface area (Å²) < 4.78 is 1.75. The van der Waals surface area contributed by atoms with Crippen molar-refractivity contribution < 1.29 is 9.59 Å². The average molecular weight is 469 g/mol. The number of nitrogens with one attached hydrogen (secondary N) is 2. The summed E-state index contributed by atoms with van der Waals surface area (Å²) in [5, 5.41) is 5.55. The van der Waals surface area contributed by atoms with Gasteiger partial charge in [0.05, 0.1) is 11.0 Å². The maximum atomic E-state index is 13.3. The van der Waals surface area contributed by atoms with Gasteiger partial charge in [0.15, 0.2) is 0 Å². The summed E-state index contributed by atoms with van der Waals surface area (Å²) in [6.45, 7) is 2.90. The monoisotopic (exact) mass is 468 g/mol. The number of nitrogens with zero attached hydrogens (tertiary/aromatic N) is 2. The number of aryl methyl sites for hydroxylation is 3. The Bertz CT molecular complexity index is 1400. The zero-order valence-corrected chi connectivity index (χ0v) is 19.7. The van der Waals surface area contributed by atoms with E-state index in [2.05, 4.69) is 15.6 Å². The van der Waals surface area contributed by atoms with Crippen molar-refractivity contribution in [2.75, 3.05) is 11.9 Å². The lowest BCUT2D eigenvalue weighted by Crippen LogP contribution is -2.27. The SMILES string of the molecule is CCNC(=O)c1cccc(NC(=O)CCc2nc3ccccc3n(CCc3ccccc3)c2=O)c1. The molecule has 0 aliphatic carbocycles. The van der Waals surface area contributed by atoms with E-state index in [0.29, 0.717) is 30.0 Å². The van der Waals surface area contributed by atoms with Crippen LogP contribution in [0.4, 0.5) is 5.69 Å². The molecule has 0 unspecified atom stereocenters. The van der Waals surface area contributed by atoms with Gasteiger partial charge >= 0.3 is 0 Å². The van der Waals surface area contributed by atoms with Crippen LogP contribution in [0, 0.1) is 0 Å². The van der Waals surface area contributed by atoms with Crippen LogP contribution in [0.1, 0.15) is 35.0 Å². The molecule has 178 valence electrons. The molecule has 0 saturated heterocycles. The summed E-state index contributed by atoms with van der Waals surface area (Å²) in [4.78, 5) is 42.5. The van der Waals surface area contributed by atoms with E-state index in [1.807, 2.05) is 61.5 Å². The molecular formula is C28H28N4O3. The zero-order chi connectivity index (χ0) is 24.6. The Morgan fingerprint density at radius 2 is 1.69 bits per heavy atom. The molecule has 0 radical (unpaired) electrons. The highest BCUT2D eigenvalue weighted by Crippen LogP contribution is 2.14. The number of hydrogen-bond donors (Lipinski definition) is 2. The number of benzene rings is 3. The molecule has 1 aromatic heterocycles. The molecular weight excluding hydrogens is 440 g/mol. The van der Waals surface area contributed by atoms with Crippen molar-refractivity contribution >= 4 is 28.5 Å². The van der Waals surface area contributed by atoms with Crippen LogP contribution in [-0.2, 0) is 24.2 Å². The van der Waals surface area contributed by atoms with Crippen molar-refractivity contribution in [1.82, 2.24) is 14.9 Å². The van der Waals surface area contributed by atoms with E-state index in [9.17, 15) is 14.4 Å². The highest BCUT2D eigenvalue weighted by Gasteiger charge is 2.13. The van der Waals surface area contributed by atoms with Gasteiger partial charge in [0.1, 0.15) is 5.69 Å². The Balaban J connectivity index is 1.49. The zero-order valence-electron chi connectivity index (χ0n) is 19.7. The standard InChI is InChI=1S/C28H28N4O3/c1-2-29-27(34)21-11-8-12-22(19-21)30-26(33)16-15-24-28(35)32(18-17-20-9-4-3-5-10-20)25-14-7-6-13-23(25)31-24/h3-14,19H,2,15-18H2,1H3,(H,29,34)(H,30,33). The minimum Gasteiger partial charge on any atom is -0.352 e. The number of anilines is 1. The Kier molecular flexibility index (Phi) is 7.67. The van der Waals surface area contributed by atoms with Crippen molar-refractivity contribution in [1.29, 1.82) is 0 Å². The maximum absolute atomic E-state index is 13.3. The molecule has 2 amide bonds. The molecule has 35 heavy (non-hydrogen) atoms. The summed E-state index contributed by atoms with van der Waals surface area (Å²) in [6, 6.07) is 24.4. The van der Waals surface area contributed by atoms with Gasteiger partial charge < -0.3 is 15.2 Å². The lowest BCUT2D eigenvalue weighted by molar-refractivity contribution is -0.116. The molecule has 0 spiro atoms. The molecule has 4 rings (SSSR count). The fraction of sp³-hybridized carbons (Fsp3) is 0.214. The molecule has 2 N–H and O–H groups in total. The van der Waals surface area contributed by atoms with Crippen molar-refractivity contribution in [3.8, 4) is 0 Å². The second-order valence-corrected chi connectivity index (χ2v) is 8.23. The Hall–Kier alpha value is -4.26. The minimum absolute atomic E-state index is 0.102. The van der Waals surface area contributed by atoms with Gasteiger partial charge in [-0.1, -0.05) is 48.5 Å². The second kappa shape index (κ2) is 11.2. The summed E-state index contributed by atoms with van der Waals surface area (Å²) in [5.74, 6) is -0.441. The Morgan fingerprint density at radius 3 is 2.49 bits per heavy atom. The highest BCUT2D eigenvalue weighted by molar-refractivity contribution is 5.97. The van der Waals surface area contributed by atoms with E-state index in [1.165, 1.54) is 0 Å². The van der Waals surface area contributed by atoms with E-state index in [4.69, 9.17) is 0 Å². The lowest BCUT2D eigenvalue weighted by atomic mass is 10.1. The first-order valence-electron chi connectivity index (χ1n) is 11.8. The third-order valence-electron chi connectivity index (χ3n) is 5.72. The molecule has 0 aliphatic heterocycles. The lowest BCUT2D eigenvalue weighted by Gasteiger charge is -2.13. The molecule has 0 fully saturated rings. The number of aromatic nitrogens is 2. The molecule has 3 aromatic carbocycles. The number of carbonyl (C=O) groups excluding carboxylic acids is 2. The molecule has 7 nitrogen and oxygen atoms in total. The van der Waals surface area contributed by atoms with Crippen molar-refractivity contribution in [3.05, 3.63) is 106 Å². The van der Waals surface area contributed by atoms with E-state index in [-0.39, 0.29) is 30.2 Å². The number of carbonyl (C=O) groups is 2. The Labute approximate surface area is 203 Å². The third kappa shape index (κ3) is 6.00. The number of hydrogen-bond acceptors (Lipinski definition) is 4. The molecule has 0 aliphatic rings. The smallest absolute Gasteiger partial charge is 0.272 e. The van der Waals surface area contributed by atoms with Crippen molar-refractivity contribution in [2.45, 2.75) is 32.7 Å². The van der Waals surface area contributed by atoms with Crippen LogP contribution < -0.4 is 16.2 Å². The number of amides is 2. The summed E-state index contributed by atoms with van der Waals surface area (Å²) in [6.07, 6.45) is 1.04. The first kappa shape index (κ1) is 23.9. The van der Waals surface area contributed by atoms with Crippen LogP contribution >= 0.6 is 0 Å². The van der Waals surface area contributed by atoms with Gasteiger partial charge in [-0.3, -0.25) is 14.4 Å². The first-order chi connectivity index (χ1) is 17.0.